The average Bonchev–Trinajstić information content (AvgIpc) is 2.43. The monoisotopic (exact) mass is 278 g/mol. The molecule has 0 aliphatic carbocycles. The Hall–Kier alpha value is -2.77. The number of anilines is 1. The van der Waals surface area contributed by atoms with Gasteiger partial charge in [0, 0.05) is 18.8 Å². The molecular formula is C12H11FN4O3. The fourth-order valence-corrected chi connectivity index (χ4v) is 1.59. The molecule has 0 aliphatic rings. The van der Waals surface area contributed by atoms with E-state index >= 15 is 0 Å². The van der Waals surface area contributed by atoms with E-state index in [9.17, 15) is 19.3 Å². The summed E-state index contributed by atoms with van der Waals surface area (Å²) in [5.74, 6) is -0.338. The summed E-state index contributed by atoms with van der Waals surface area (Å²) in [5, 5.41) is 13.6. The molecule has 1 aromatic heterocycles. The Balaban J connectivity index is 2.00. The first-order valence-corrected chi connectivity index (χ1v) is 5.76. The molecule has 0 unspecified atom stereocenters. The summed E-state index contributed by atoms with van der Waals surface area (Å²) in [5.41, 5.74) is -0.110. The summed E-state index contributed by atoms with van der Waals surface area (Å²) in [6, 6.07) is 5.74. The standard InChI is InChI=1S/C12H11FN4O3/c13-9-1-3-10(4-2-9)14-5-6-16-8-11(17(19)20)7-15-12(16)18/h1-4,7-8,14H,5-6H2. The van der Waals surface area contributed by atoms with Crippen molar-refractivity contribution in [1.82, 2.24) is 9.55 Å². The third-order valence-corrected chi connectivity index (χ3v) is 2.58. The molecule has 104 valence electrons. The summed E-state index contributed by atoms with van der Waals surface area (Å²) in [6.07, 6.45) is 2.06. The molecule has 8 heteroatoms. The number of nitrogens with zero attached hydrogens (tertiary/aromatic N) is 3. The number of nitrogens with one attached hydrogen (secondary N) is 1. The van der Waals surface area contributed by atoms with Crippen LogP contribution in [0.3, 0.4) is 0 Å². The van der Waals surface area contributed by atoms with E-state index in [0.29, 0.717) is 12.2 Å². The average molecular weight is 278 g/mol. The van der Waals surface area contributed by atoms with Crippen LogP contribution in [-0.2, 0) is 6.54 Å². The van der Waals surface area contributed by atoms with E-state index in [1.54, 1.807) is 12.1 Å². The third-order valence-electron chi connectivity index (χ3n) is 2.58. The predicted octanol–water partition coefficient (Wildman–Crippen LogP) is 1.40. The van der Waals surface area contributed by atoms with Crippen molar-refractivity contribution in [1.29, 1.82) is 0 Å². The van der Waals surface area contributed by atoms with E-state index < -0.39 is 10.6 Å². The zero-order valence-electron chi connectivity index (χ0n) is 10.3. The van der Waals surface area contributed by atoms with E-state index in [2.05, 4.69) is 10.3 Å². The molecule has 2 rings (SSSR count). The van der Waals surface area contributed by atoms with E-state index in [0.717, 1.165) is 17.0 Å². The summed E-state index contributed by atoms with van der Waals surface area (Å²) in [4.78, 5) is 24.8. The quantitative estimate of drug-likeness (QED) is 0.659. The molecule has 0 radical (unpaired) electrons. The molecule has 0 fully saturated rings. The van der Waals surface area contributed by atoms with Gasteiger partial charge in [0.25, 0.3) is 0 Å². The lowest BCUT2D eigenvalue weighted by molar-refractivity contribution is -0.385. The molecule has 0 bridgehead atoms. The van der Waals surface area contributed by atoms with Crippen LogP contribution in [0.4, 0.5) is 15.8 Å². The van der Waals surface area contributed by atoms with E-state index in [-0.39, 0.29) is 18.0 Å². The molecule has 1 N–H and O–H groups in total. The molecular weight excluding hydrogens is 267 g/mol. The first-order chi connectivity index (χ1) is 9.56. The maximum Gasteiger partial charge on any atom is 0.348 e. The van der Waals surface area contributed by atoms with Crippen LogP contribution < -0.4 is 11.0 Å². The van der Waals surface area contributed by atoms with Crippen molar-refractivity contribution in [2.75, 3.05) is 11.9 Å². The number of hydrogen-bond acceptors (Lipinski definition) is 5. The third kappa shape index (κ3) is 3.37. The number of benzene rings is 1. The van der Waals surface area contributed by atoms with Crippen molar-refractivity contribution in [3.63, 3.8) is 0 Å². The normalized spacial score (nSPS) is 10.2. The lowest BCUT2D eigenvalue weighted by Crippen LogP contribution is -2.25. The molecule has 0 saturated carbocycles. The summed E-state index contributed by atoms with van der Waals surface area (Å²) < 4.78 is 13.8. The van der Waals surface area contributed by atoms with Crippen LogP contribution in [0.15, 0.2) is 41.5 Å². The zero-order chi connectivity index (χ0) is 14.5. The Kier molecular flexibility index (Phi) is 4.04. The summed E-state index contributed by atoms with van der Waals surface area (Å²) in [7, 11) is 0. The van der Waals surface area contributed by atoms with Gasteiger partial charge in [-0.3, -0.25) is 14.7 Å². The highest BCUT2D eigenvalue weighted by molar-refractivity contribution is 5.42. The van der Waals surface area contributed by atoms with Crippen LogP contribution in [0.25, 0.3) is 0 Å². The summed E-state index contributed by atoms with van der Waals surface area (Å²) >= 11 is 0. The molecule has 0 saturated heterocycles. The fraction of sp³-hybridized carbons (Fsp3) is 0.167. The maximum absolute atomic E-state index is 12.7. The van der Waals surface area contributed by atoms with Crippen molar-refractivity contribution in [3.05, 3.63) is 63.1 Å². The van der Waals surface area contributed by atoms with Gasteiger partial charge in [-0.2, -0.15) is 4.98 Å². The number of aromatic nitrogens is 2. The van der Waals surface area contributed by atoms with Gasteiger partial charge in [0.15, 0.2) is 0 Å². The Morgan fingerprint density at radius 1 is 1.35 bits per heavy atom. The van der Waals surface area contributed by atoms with Gasteiger partial charge in [0.2, 0.25) is 0 Å². The van der Waals surface area contributed by atoms with Crippen LogP contribution in [0, 0.1) is 15.9 Å². The van der Waals surface area contributed by atoms with Gasteiger partial charge in [0.05, 0.1) is 11.1 Å². The molecule has 20 heavy (non-hydrogen) atoms. The smallest absolute Gasteiger partial charge is 0.348 e. The van der Waals surface area contributed by atoms with Gasteiger partial charge in [-0.15, -0.1) is 0 Å². The minimum Gasteiger partial charge on any atom is -0.383 e. The molecule has 1 heterocycles. The predicted molar refractivity (Wildman–Crippen MR) is 70.0 cm³/mol. The Morgan fingerprint density at radius 2 is 2.05 bits per heavy atom. The van der Waals surface area contributed by atoms with Crippen molar-refractivity contribution < 1.29 is 9.31 Å². The summed E-state index contributed by atoms with van der Waals surface area (Å²) in [6.45, 7) is 0.569. The van der Waals surface area contributed by atoms with Gasteiger partial charge >= 0.3 is 11.4 Å². The molecule has 2 aromatic rings. The first-order valence-electron chi connectivity index (χ1n) is 5.76. The van der Waals surface area contributed by atoms with Crippen molar-refractivity contribution in [3.8, 4) is 0 Å². The SMILES string of the molecule is O=c1ncc([N+](=O)[O-])cn1CCNc1ccc(F)cc1. The minimum atomic E-state index is -0.615. The van der Waals surface area contributed by atoms with Gasteiger partial charge in [-0.1, -0.05) is 0 Å². The number of halogens is 1. The largest absolute Gasteiger partial charge is 0.383 e. The number of hydrogen-bond donors (Lipinski definition) is 1. The minimum absolute atomic E-state index is 0.213. The van der Waals surface area contributed by atoms with Crippen LogP contribution in [0.2, 0.25) is 0 Å². The molecule has 0 spiro atoms. The molecule has 7 nitrogen and oxygen atoms in total. The highest BCUT2D eigenvalue weighted by Crippen LogP contribution is 2.08. The van der Waals surface area contributed by atoms with E-state index in [1.807, 2.05) is 0 Å². The second-order valence-electron chi connectivity index (χ2n) is 3.98. The van der Waals surface area contributed by atoms with Crippen molar-refractivity contribution in [2.45, 2.75) is 6.54 Å². The lowest BCUT2D eigenvalue weighted by Gasteiger charge is -2.07. The molecule has 0 amide bonds. The van der Waals surface area contributed by atoms with Crippen LogP contribution in [0.1, 0.15) is 0 Å². The maximum atomic E-state index is 12.7. The van der Waals surface area contributed by atoms with E-state index in [1.165, 1.54) is 12.1 Å². The first kappa shape index (κ1) is 13.7. The van der Waals surface area contributed by atoms with Crippen molar-refractivity contribution in [2.24, 2.45) is 0 Å². The fourth-order valence-electron chi connectivity index (χ4n) is 1.59. The van der Waals surface area contributed by atoms with Gasteiger partial charge in [-0.05, 0) is 24.3 Å². The molecule has 1 aromatic carbocycles. The zero-order valence-corrected chi connectivity index (χ0v) is 10.3. The highest BCUT2D eigenvalue weighted by atomic mass is 19.1. The topological polar surface area (TPSA) is 90.1 Å². The van der Waals surface area contributed by atoms with Crippen LogP contribution >= 0.6 is 0 Å². The Bertz CT molecular complexity index is 669. The Labute approximate surface area is 112 Å². The van der Waals surface area contributed by atoms with Crippen LogP contribution in [-0.4, -0.2) is 21.0 Å². The molecule has 0 aliphatic heterocycles. The second-order valence-corrected chi connectivity index (χ2v) is 3.98. The van der Waals surface area contributed by atoms with Crippen molar-refractivity contribution >= 4 is 11.4 Å². The Morgan fingerprint density at radius 3 is 2.70 bits per heavy atom. The molecule has 0 atom stereocenters. The number of nitro groups is 1. The van der Waals surface area contributed by atoms with Gasteiger partial charge in [0.1, 0.15) is 12.0 Å². The van der Waals surface area contributed by atoms with Gasteiger partial charge in [-0.25, -0.2) is 9.18 Å². The van der Waals surface area contributed by atoms with Crippen LogP contribution in [0.5, 0.6) is 0 Å². The highest BCUT2D eigenvalue weighted by Gasteiger charge is 2.08. The lowest BCUT2D eigenvalue weighted by atomic mass is 10.3. The van der Waals surface area contributed by atoms with E-state index in [4.69, 9.17) is 0 Å². The van der Waals surface area contributed by atoms with Gasteiger partial charge < -0.3 is 5.32 Å². The number of rotatable bonds is 5. The second kappa shape index (κ2) is 5.91.